The molecule has 0 heterocycles. The molecule has 8 heteroatoms. The summed E-state index contributed by atoms with van der Waals surface area (Å²) in [5.74, 6) is -0.379. The van der Waals surface area contributed by atoms with E-state index in [1.54, 1.807) is 32.0 Å². The molecule has 6 nitrogen and oxygen atoms in total. The lowest BCUT2D eigenvalue weighted by atomic mass is 10.1. The van der Waals surface area contributed by atoms with Crippen molar-refractivity contribution in [2.45, 2.75) is 97.8 Å². The number of carbonyl (C=O) groups is 2. The maximum Gasteiger partial charge on any atom is 0.350 e. The molecular weight excluding hydrogens is 532 g/mol. The van der Waals surface area contributed by atoms with Gasteiger partial charge in [-0.05, 0) is 54.4 Å². The summed E-state index contributed by atoms with van der Waals surface area (Å²) in [5, 5.41) is 6.37. The van der Waals surface area contributed by atoms with Gasteiger partial charge in [0.25, 0.3) is 0 Å². The van der Waals surface area contributed by atoms with Crippen LogP contribution in [0.25, 0.3) is 0 Å². The van der Waals surface area contributed by atoms with Crippen molar-refractivity contribution in [1.29, 1.82) is 0 Å². The minimum Gasteiger partial charge on any atom is -0.478 e. The number of unbranched alkanes of at least 4 members (excludes halogenated alkanes) is 10. The van der Waals surface area contributed by atoms with Crippen molar-refractivity contribution in [1.82, 2.24) is 0 Å². The van der Waals surface area contributed by atoms with Gasteiger partial charge in [0.2, 0.25) is 11.8 Å². The van der Waals surface area contributed by atoms with E-state index in [1.165, 1.54) is 57.8 Å². The summed E-state index contributed by atoms with van der Waals surface area (Å²) in [7, 11) is 0. The number of rotatable bonds is 19. The third-order valence-electron chi connectivity index (χ3n) is 5.45. The van der Waals surface area contributed by atoms with Crippen LogP contribution >= 0.6 is 27.5 Å². The van der Waals surface area contributed by atoms with Crippen molar-refractivity contribution in [2.75, 3.05) is 23.8 Å². The molecule has 0 spiro atoms. The maximum atomic E-state index is 12.4. The van der Waals surface area contributed by atoms with Gasteiger partial charge in [0.15, 0.2) is 4.48 Å². The van der Waals surface area contributed by atoms with Crippen LogP contribution < -0.4 is 10.6 Å². The quantitative estimate of drug-likeness (QED) is 0.0750. The van der Waals surface area contributed by atoms with Gasteiger partial charge < -0.3 is 20.1 Å². The van der Waals surface area contributed by atoms with Crippen LogP contribution in [-0.2, 0) is 19.1 Å². The highest BCUT2D eigenvalue weighted by Gasteiger charge is 2.17. The molecule has 1 rings (SSSR count). The molecule has 0 atom stereocenters. The van der Waals surface area contributed by atoms with Crippen molar-refractivity contribution < 1.29 is 19.1 Å². The molecule has 0 unspecified atom stereocenters. The summed E-state index contributed by atoms with van der Waals surface area (Å²) >= 11 is 9.55. The molecule has 0 saturated carbocycles. The van der Waals surface area contributed by atoms with Crippen LogP contribution in [0.5, 0.6) is 0 Å². The van der Waals surface area contributed by atoms with Crippen molar-refractivity contribution in [3.63, 3.8) is 0 Å². The number of esters is 1. The number of hydrogen-bond acceptors (Lipinski definition) is 5. The number of ether oxygens (including phenoxy) is 2. The van der Waals surface area contributed by atoms with Crippen LogP contribution in [0.2, 0.25) is 5.02 Å². The minimum absolute atomic E-state index is 0.0255. The predicted octanol–water partition coefficient (Wildman–Crippen LogP) is 8.56. The van der Waals surface area contributed by atoms with E-state index in [-0.39, 0.29) is 22.9 Å². The lowest BCUT2D eigenvalue weighted by molar-refractivity contribution is -0.137. The summed E-state index contributed by atoms with van der Waals surface area (Å²) in [6.45, 7) is 6.36. The van der Waals surface area contributed by atoms with Gasteiger partial charge in [-0.3, -0.25) is 4.79 Å². The molecule has 0 aliphatic rings. The van der Waals surface area contributed by atoms with Gasteiger partial charge in [-0.2, -0.15) is 0 Å². The van der Waals surface area contributed by atoms with E-state index in [0.29, 0.717) is 29.4 Å². The zero-order valence-corrected chi connectivity index (χ0v) is 23.9. The van der Waals surface area contributed by atoms with Gasteiger partial charge in [0, 0.05) is 12.1 Å². The fraction of sp³-hybridized carbons (Fsp3) is 0.630. The molecule has 1 amide bonds. The molecule has 0 saturated heterocycles. The molecule has 0 fully saturated rings. The topological polar surface area (TPSA) is 76.7 Å². The number of benzene rings is 1. The second-order valence-electron chi connectivity index (χ2n) is 8.45. The zero-order valence-electron chi connectivity index (χ0n) is 21.5. The number of carbonyl (C=O) groups excluding carboxylic acids is 2. The van der Waals surface area contributed by atoms with Crippen molar-refractivity contribution in [3.05, 3.63) is 33.6 Å². The number of nitrogens with one attached hydrogen (secondary N) is 2. The maximum absolute atomic E-state index is 12.4. The fourth-order valence-corrected chi connectivity index (χ4v) is 4.07. The second kappa shape index (κ2) is 19.5. The lowest BCUT2D eigenvalue weighted by Crippen LogP contribution is -2.14. The van der Waals surface area contributed by atoms with Gasteiger partial charge >= 0.3 is 5.97 Å². The normalized spacial score (nSPS) is 11.6. The van der Waals surface area contributed by atoms with Crippen molar-refractivity contribution >= 4 is 50.8 Å². The second-order valence-corrected chi connectivity index (χ2v) is 9.65. The first-order valence-electron chi connectivity index (χ1n) is 13.0. The highest BCUT2D eigenvalue weighted by atomic mass is 79.9. The molecule has 0 bridgehead atoms. The molecule has 198 valence electrons. The summed E-state index contributed by atoms with van der Waals surface area (Å²) in [4.78, 5) is 24.5. The first-order chi connectivity index (χ1) is 16.9. The van der Waals surface area contributed by atoms with E-state index in [9.17, 15) is 9.59 Å². The van der Waals surface area contributed by atoms with E-state index in [4.69, 9.17) is 21.1 Å². The Morgan fingerprint density at radius 1 is 0.829 bits per heavy atom. The van der Waals surface area contributed by atoms with Crippen LogP contribution in [-0.4, -0.2) is 25.1 Å². The monoisotopic (exact) mass is 572 g/mol. The number of halogens is 2. The molecule has 2 N–H and O–H groups in total. The third-order valence-corrected chi connectivity index (χ3v) is 6.46. The first kappa shape index (κ1) is 31.3. The van der Waals surface area contributed by atoms with Crippen LogP contribution in [0.3, 0.4) is 0 Å². The minimum atomic E-state index is -0.545. The van der Waals surface area contributed by atoms with Gasteiger partial charge in [-0.25, -0.2) is 4.79 Å². The number of amides is 1. The van der Waals surface area contributed by atoms with Gasteiger partial charge in [-0.1, -0.05) is 82.7 Å². The Kier molecular flexibility index (Phi) is 17.4. The number of anilines is 2. The smallest absolute Gasteiger partial charge is 0.350 e. The Morgan fingerprint density at radius 2 is 1.40 bits per heavy atom. The van der Waals surface area contributed by atoms with Crippen molar-refractivity contribution in [3.8, 4) is 0 Å². The highest BCUT2D eigenvalue weighted by Crippen LogP contribution is 2.29. The highest BCUT2D eigenvalue weighted by molar-refractivity contribution is 9.12. The lowest BCUT2D eigenvalue weighted by Gasteiger charge is -2.16. The van der Waals surface area contributed by atoms with Crippen LogP contribution in [0, 0.1) is 0 Å². The molecular formula is C27H42BrClN2O4. The predicted molar refractivity (Wildman–Crippen MR) is 149 cm³/mol. The van der Waals surface area contributed by atoms with Crippen molar-refractivity contribution in [2.24, 2.45) is 0 Å². The standard InChI is InChI=1S/C27H42BrClN2O4/c1-4-7-8-9-10-11-12-13-14-15-16-17-24(32)30-21-18-19-22(29)23(20-21)31-26(34-5-2)25(28)27(33)35-6-3/h18-20,31H,4-17H2,1-3H3,(H,30,32)/b26-25+. The molecule has 0 aromatic heterocycles. The Morgan fingerprint density at radius 3 is 1.97 bits per heavy atom. The Bertz CT molecular complexity index is 801. The Labute approximate surface area is 224 Å². The Hall–Kier alpha value is -1.73. The average Bonchev–Trinajstić information content (AvgIpc) is 2.84. The molecule has 0 aliphatic carbocycles. The largest absolute Gasteiger partial charge is 0.478 e. The van der Waals surface area contributed by atoms with E-state index in [0.717, 1.165) is 12.8 Å². The molecule has 0 aliphatic heterocycles. The summed E-state index contributed by atoms with van der Waals surface area (Å²) in [6, 6.07) is 5.14. The molecule has 1 aromatic carbocycles. The van der Waals surface area contributed by atoms with Gasteiger partial charge in [0.05, 0.1) is 23.9 Å². The first-order valence-corrected chi connectivity index (χ1v) is 14.2. The summed E-state index contributed by atoms with van der Waals surface area (Å²) in [5.41, 5.74) is 1.12. The van der Waals surface area contributed by atoms with Gasteiger partial charge in [-0.15, -0.1) is 0 Å². The Balaban J connectivity index is 2.47. The van der Waals surface area contributed by atoms with Crippen LogP contribution in [0.15, 0.2) is 28.6 Å². The summed E-state index contributed by atoms with van der Waals surface area (Å²) < 4.78 is 10.7. The molecule has 1 aromatic rings. The van der Waals surface area contributed by atoms with Gasteiger partial charge in [0.1, 0.15) is 0 Å². The zero-order chi connectivity index (χ0) is 25.9. The average molecular weight is 574 g/mol. The molecule has 0 radical (unpaired) electrons. The van der Waals surface area contributed by atoms with E-state index in [1.807, 2.05) is 0 Å². The van der Waals surface area contributed by atoms with E-state index >= 15 is 0 Å². The number of hydrogen-bond donors (Lipinski definition) is 2. The molecule has 35 heavy (non-hydrogen) atoms. The van der Waals surface area contributed by atoms with E-state index in [2.05, 4.69) is 33.5 Å². The summed E-state index contributed by atoms with van der Waals surface area (Å²) in [6.07, 6.45) is 14.2. The SMILES string of the molecule is CCCCCCCCCCCCCC(=O)Nc1ccc(Cl)c(N/C(OCC)=C(\Br)C(=O)OCC)c1. The van der Waals surface area contributed by atoms with E-state index < -0.39 is 5.97 Å². The fourth-order valence-electron chi connectivity index (χ4n) is 3.58. The third kappa shape index (κ3) is 13.8. The van der Waals surface area contributed by atoms with Crippen LogP contribution in [0.1, 0.15) is 97.8 Å². The van der Waals surface area contributed by atoms with Crippen LogP contribution in [0.4, 0.5) is 11.4 Å².